The summed E-state index contributed by atoms with van der Waals surface area (Å²) in [5.41, 5.74) is 8.72. The summed E-state index contributed by atoms with van der Waals surface area (Å²) in [7, 11) is -2.08. The fraction of sp³-hybridized carbons (Fsp3) is 0.278. The van der Waals surface area contributed by atoms with E-state index in [0.29, 0.717) is 29.2 Å². The number of fused-ring (bicyclic) bond motifs is 4. The van der Waals surface area contributed by atoms with Gasteiger partial charge in [0.1, 0.15) is 0 Å². The minimum Gasteiger partial charge on any atom is -0.366 e. The van der Waals surface area contributed by atoms with Crippen LogP contribution in [0.25, 0.3) is 16.3 Å². The smallest absolute Gasteiger partial charge is 0.160 e. The average Bonchev–Trinajstić information content (AvgIpc) is 3.37. The summed E-state index contributed by atoms with van der Waals surface area (Å²) < 4.78 is 2.79. The third-order valence-corrected chi connectivity index (χ3v) is 13.9. The standard InChI is InChI=1S/C36H38N2Si/c1-24(2)30-23-31-28(27-16-11-14-25-13-5-6-15-26(25)27)17-12-18-29(31)36(30)39(3,4)38-34-21-9-7-19-32(34)37-33-20-8-10-22-35(33)38/h5-22,24,29-31,36-37H,23H2,1-4H3/t29-,30-,31+,36?/m0/s1. The summed E-state index contributed by atoms with van der Waals surface area (Å²) in [6.45, 7) is 10.2. The van der Waals surface area contributed by atoms with Gasteiger partial charge in [-0.15, -0.1) is 0 Å². The van der Waals surface area contributed by atoms with Gasteiger partial charge in [0.2, 0.25) is 0 Å². The van der Waals surface area contributed by atoms with Crippen molar-refractivity contribution >= 4 is 47.3 Å². The molecule has 1 heterocycles. The zero-order valence-electron chi connectivity index (χ0n) is 23.4. The summed E-state index contributed by atoms with van der Waals surface area (Å²) in [5.74, 6) is 2.42. The highest BCUT2D eigenvalue weighted by Crippen LogP contribution is 2.61. The average molecular weight is 527 g/mol. The van der Waals surface area contributed by atoms with Gasteiger partial charge in [-0.05, 0) is 81.8 Å². The number of allylic oxidation sites excluding steroid dienone is 4. The van der Waals surface area contributed by atoms with Gasteiger partial charge in [-0.1, -0.05) is 112 Å². The Kier molecular flexibility index (Phi) is 5.82. The molecule has 0 aromatic heterocycles. The molecule has 39 heavy (non-hydrogen) atoms. The molecule has 1 saturated carbocycles. The van der Waals surface area contributed by atoms with E-state index >= 15 is 0 Å². The summed E-state index contributed by atoms with van der Waals surface area (Å²) in [4.78, 5) is 0. The van der Waals surface area contributed by atoms with Gasteiger partial charge in [-0.25, -0.2) is 0 Å². The zero-order valence-corrected chi connectivity index (χ0v) is 24.4. The molecule has 3 aliphatic rings. The normalized spacial score (nSPS) is 23.7. The van der Waals surface area contributed by atoms with Crippen molar-refractivity contribution in [3.63, 3.8) is 0 Å². The molecule has 4 aromatic carbocycles. The van der Waals surface area contributed by atoms with E-state index < -0.39 is 8.24 Å². The zero-order chi connectivity index (χ0) is 26.7. The van der Waals surface area contributed by atoms with Crippen molar-refractivity contribution in [3.8, 4) is 0 Å². The maximum absolute atomic E-state index is 3.73. The second-order valence-electron chi connectivity index (χ2n) is 12.5. The molecular weight excluding hydrogens is 488 g/mol. The summed E-state index contributed by atoms with van der Waals surface area (Å²) in [5, 5.41) is 6.44. The van der Waals surface area contributed by atoms with E-state index in [4.69, 9.17) is 0 Å². The molecule has 1 unspecified atom stereocenters. The van der Waals surface area contributed by atoms with E-state index in [1.807, 2.05) is 0 Å². The number of hydrogen-bond acceptors (Lipinski definition) is 2. The highest BCUT2D eigenvalue weighted by molar-refractivity contribution is 6.84. The van der Waals surface area contributed by atoms with Gasteiger partial charge in [0.15, 0.2) is 8.24 Å². The monoisotopic (exact) mass is 526 g/mol. The highest BCUT2D eigenvalue weighted by Gasteiger charge is 2.55. The first-order valence-electron chi connectivity index (χ1n) is 14.6. The number of rotatable bonds is 4. The van der Waals surface area contributed by atoms with Crippen LogP contribution in [-0.2, 0) is 0 Å². The first-order chi connectivity index (χ1) is 18.9. The van der Waals surface area contributed by atoms with Crippen LogP contribution in [0.3, 0.4) is 0 Å². The number of para-hydroxylation sites is 4. The minimum absolute atomic E-state index is 0.548. The summed E-state index contributed by atoms with van der Waals surface area (Å²) in [6, 6.07) is 33.6. The molecular formula is C36H38N2Si. The van der Waals surface area contributed by atoms with Crippen molar-refractivity contribution in [2.45, 2.75) is 38.9 Å². The number of benzene rings is 4. The molecule has 2 nitrogen and oxygen atoms in total. The Bertz CT molecular complexity index is 1560. The first-order valence-corrected chi connectivity index (χ1v) is 17.6. The topological polar surface area (TPSA) is 15.3 Å². The Labute approximate surface area is 234 Å². The quantitative estimate of drug-likeness (QED) is 0.266. The molecule has 1 aliphatic heterocycles. The van der Waals surface area contributed by atoms with Crippen molar-refractivity contribution in [2.75, 3.05) is 9.88 Å². The third-order valence-electron chi connectivity index (χ3n) is 9.78. The minimum atomic E-state index is -2.08. The fourth-order valence-electron chi connectivity index (χ4n) is 8.17. The van der Waals surface area contributed by atoms with Crippen LogP contribution in [0.15, 0.2) is 109 Å². The van der Waals surface area contributed by atoms with Crippen molar-refractivity contribution in [1.82, 2.24) is 0 Å². The van der Waals surface area contributed by atoms with Gasteiger partial charge in [0, 0.05) is 0 Å². The molecule has 1 N–H and O–H groups in total. The van der Waals surface area contributed by atoms with E-state index in [1.54, 1.807) is 5.57 Å². The highest BCUT2D eigenvalue weighted by atomic mass is 28.3. The number of nitrogens with zero attached hydrogens (tertiary/aromatic N) is 1. The molecule has 3 heteroatoms. The maximum Gasteiger partial charge on any atom is 0.160 e. The van der Waals surface area contributed by atoms with Gasteiger partial charge in [-0.2, -0.15) is 0 Å². The van der Waals surface area contributed by atoms with Crippen LogP contribution in [-0.4, -0.2) is 8.24 Å². The number of nitrogens with one attached hydrogen (secondary N) is 1. The van der Waals surface area contributed by atoms with Gasteiger partial charge in [0.05, 0.1) is 22.7 Å². The molecule has 196 valence electrons. The van der Waals surface area contributed by atoms with Crippen LogP contribution in [0.4, 0.5) is 22.7 Å². The Balaban J connectivity index is 1.35. The maximum atomic E-state index is 3.73. The van der Waals surface area contributed by atoms with E-state index in [2.05, 4.69) is 146 Å². The van der Waals surface area contributed by atoms with Crippen molar-refractivity contribution < 1.29 is 0 Å². The lowest BCUT2D eigenvalue weighted by atomic mass is 9.80. The lowest BCUT2D eigenvalue weighted by Crippen LogP contribution is -2.54. The molecule has 0 amide bonds. The SMILES string of the molecule is CC(C)[C@@H]1C[C@@H]2C(c3cccc4ccccc34)=CC=C[C@@H]2C1[Si](C)(C)N1c2ccccc2Nc2ccccc21. The van der Waals surface area contributed by atoms with E-state index in [9.17, 15) is 0 Å². The molecule has 1 fully saturated rings. The summed E-state index contributed by atoms with van der Waals surface area (Å²) in [6.07, 6.45) is 8.63. The Morgan fingerprint density at radius 1 is 0.795 bits per heavy atom. The van der Waals surface area contributed by atoms with Crippen molar-refractivity contribution in [3.05, 3.63) is 115 Å². The van der Waals surface area contributed by atoms with Crippen molar-refractivity contribution in [2.24, 2.45) is 23.7 Å². The second-order valence-corrected chi connectivity index (χ2v) is 17.0. The number of anilines is 4. The second kappa shape index (κ2) is 9.27. The third kappa shape index (κ3) is 3.82. The largest absolute Gasteiger partial charge is 0.366 e. The first kappa shape index (κ1) is 24.5. The van der Waals surface area contributed by atoms with E-state index in [1.165, 1.54) is 45.5 Å². The predicted molar refractivity (Wildman–Crippen MR) is 171 cm³/mol. The van der Waals surface area contributed by atoms with E-state index in [-0.39, 0.29) is 0 Å². The molecule has 4 atom stereocenters. The molecule has 0 radical (unpaired) electrons. The van der Waals surface area contributed by atoms with Crippen molar-refractivity contribution in [1.29, 1.82) is 0 Å². The van der Waals surface area contributed by atoms with E-state index in [0.717, 1.165) is 0 Å². The predicted octanol–water partition coefficient (Wildman–Crippen LogP) is 10.2. The Morgan fingerprint density at radius 2 is 1.44 bits per heavy atom. The Hall–Kier alpha value is -3.56. The van der Waals surface area contributed by atoms with Crippen LogP contribution in [0, 0.1) is 23.7 Å². The molecule has 0 saturated heterocycles. The molecule has 7 rings (SSSR count). The van der Waals surface area contributed by atoms with Crippen LogP contribution in [0.1, 0.15) is 25.8 Å². The fourth-order valence-corrected chi connectivity index (χ4v) is 13.0. The lowest BCUT2D eigenvalue weighted by molar-refractivity contribution is 0.379. The van der Waals surface area contributed by atoms with Crippen LogP contribution in [0.2, 0.25) is 18.6 Å². The van der Waals surface area contributed by atoms with Gasteiger partial charge >= 0.3 is 0 Å². The van der Waals surface area contributed by atoms with Gasteiger partial charge < -0.3 is 9.88 Å². The molecule has 2 aliphatic carbocycles. The molecule has 4 aromatic rings. The summed E-state index contributed by atoms with van der Waals surface area (Å²) >= 11 is 0. The molecule has 0 spiro atoms. The van der Waals surface area contributed by atoms with Gasteiger partial charge in [0.25, 0.3) is 0 Å². The van der Waals surface area contributed by atoms with Crippen LogP contribution >= 0.6 is 0 Å². The van der Waals surface area contributed by atoms with Crippen LogP contribution < -0.4 is 9.88 Å². The van der Waals surface area contributed by atoms with Crippen LogP contribution in [0.5, 0.6) is 0 Å². The molecule has 0 bridgehead atoms. The Morgan fingerprint density at radius 3 is 2.15 bits per heavy atom. The van der Waals surface area contributed by atoms with Gasteiger partial charge in [-0.3, -0.25) is 0 Å². The lowest BCUT2D eigenvalue weighted by Gasteiger charge is -2.50. The number of hydrogen-bond donors (Lipinski definition) is 1.